The molecule has 0 saturated carbocycles. The number of rotatable bonds is 5. The molecule has 2 aromatic rings. The Kier molecular flexibility index (Phi) is 8.67. The van der Waals surface area contributed by atoms with Crippen molar-refractivity contribution < 1.29 is 19.1 Å². The summed E-state index contributed by atoms with van der Waals surface area (Å²) in [6, 6.07) is 11.6. The quantitative estimate of drug-likeness (QED) is 0.404. The van der Waals surface area contributed by atoms with Crippen molar-refractivity contribution >= 4 is 40.9 Å². The molecule has 3 heterocycles. The molecule has 5 rings (SSSR count). The third kappa shape index (κ3) is 6.06. The van der Waals surface area contributed by atoms with E-state index >= 15 is 0 Å². The molecule has 2 aromatic carbocycles. The zero-order valence-electron chi connectivity index (χ0n) is 24.2. The van der Waals surface area contributed by atoms with Crippen LogP contribution < -0.4 is 11.1 Å². The van der Waals surface area contributed by atoms with Crippen LogP contribution >= 0.6 is 11.6 Å². The van der Waals surface area contributed by atoms with Gasteiger partial charge in [0.15, 0.2) is 6.10 Å². The Morgan fingerprint density at radius 3 is 2.52 bits per heavy atom. The molecule has 0 unspecified atom stereocenters. The van der Waals surface area contributed by atoms with E-state index in [0.717, 1.165) is 24.1 Å². The molecule has 3 aliphatic rings. The summed E-state index contributed by atoms with van der Waals surface area (Å²) < 4.78 is 5.97. The number of nitrogen functional groups attached to an aromatic ring is 1. The fourth-order valence-corrected chi connectivity index (χ4v) is 6.76. The fraction of sp³-hybridized carbons (Fsp3) is 0.469. The first-order chi connectivity index (χ1) is 20.1. The number of fused-ring (bicyclic) bond motifs is 2. The molecule has 0 bridgehead atoms. The van der Waals surface area contributed by atoms with Crippen LogP contribution in [0.2, 0.25) is 5.02 Å². The number of terminal acetylenes is 1. The largest absolute Gasteiger partial charge is 0.436 e. The summed E-state index contributed by atoms with van der Waals surface area (Å²) in [5.41, 5.74) is 9.03. The summed E-state index contributed by atoms with van der Waals surface area (Å²) in [5.74, 6) is 2.29. The zero-order chi connectivity index (χ0) is 30.0. The molecule has 3 amide bonds. The zero-order valence-corrected chi connectivity index (χ0v) is 25.0. The number of nitrogens with one attached hydrogen (secondary N) is 1. The highest BCUT2D eigenvalue weighted by Crippen LogP contribution is 2.45. The van der Waals surface area contributed by atoms with Crippen molar-refractivity contribution in [3.8, 4) is 12.3 Å². The minimum Gasteiger partial charge on any atom is -0.436 e. The van der Waals surface area contributed by atoms with E-state index in [-0.39, 0.29) is 23.7 Å². The van der Waals surface area contributed by atoms with E-state index in [1.807, 2.05) is 32.3 Å². The topological polar surface area (TPSA) is 108 Å². The first-order valence-corrected chi connectivity index (χ1v) is 14.8. The predicted octanol–water partition coefficient (Wildman–Crippen LogP) is 3.88. The van der Waals surface area contributed by atoms with Gasteiger partial charge in [0.05, 0.1) is 10.7 Å². The van der Waals surface area contributed by atoms with Crippen LogP contribution in [0.25, 0.3) is 0 Å². The van der Waals surface area contributed by atoms with E-state index in [1.165, 1.54) is 0 Å². The number of anilines is 2. The number of ether oxygens (including phenoxy) is 1. The third-order valence-electron chi connectivity index (χ3n) is 9.04. The second kappa shape index (κ2) is 12.2. The normalized spacial score (nSPS) is 19.2. The molecule has 10 heteroatoms. The molecule has 3 aliphatic heterocycles. The van der Waals surface area contributed by atoms with Gasteiger partial charge in [-0.05, 0) is 69.1 Å². The molecular formula is C32H38ClN5O4. The molecule has 0 aliphatic carbocycles. The number of hydrogen-bond acceptors (Lipinski definition) is 6. The highest BCUT2D eigenvalue weighted by molar-refractivity contribution is 6.33. The molecule has 0 radical (unpaired) electrons. The van der Waals surface area contributed by atoms with E-state index < -0.39 is 12.2 Å². The SMILES string of the molecule is C#Cc1cc(C[C@@H](OC(=O)N2CCC3(CC2)CC(=O)Nc2ccccc23)C(=O)N2CCC(N(C)C)CC2)cc(Cl)c1N. The summed E-state index contributed by atoms with van der Waals surface area (Å²) in [6.07, 6.45) is 7.48. The standard InChI is InChI=1S/C32H38ClN5O4/c1-4-22-17-21(18-25(33)29(22)34)19-27(30(40)37-13-9-23(10-14-37)36(2)3)42-31(41)38-15-11-32(12-16-38)20-28(39)35-26-8-6-5-7-24(26)32/h1,5-8,17-18,23,27H,9-16,19-20,34H2,2-3H3,(H,35,39)/t27-/m1/s1. The molecule has 2 saturated heterocycles. The maximum Gasteiger partial charge on any atom is 0.410 e. The number of hydrogen-bond donors (Lipinski definition) is 2. The lowest BCUT2D eigenvalue weighted by Gasteiger charge is -2.44. The van der Waals surface area contributed by atoms with E-state index in [1.54, 1.807) is 21.9 Å². The minimum absolute atomic E-state index is 0.0121. The van der Waals surface area contributed by atoms with Gasteiger partial charge in [0, 0.05) is 61.7 Å². The molecule has 222 valence electrons. The average molecular weight is 592 g/mol. The molecule has 2 fully saturated rings. The third-order valence-corrected chi connectivity index (χ3v) is 9.35. The van der Waals surface area contributed by atoms with Crippen LogP contribution in [0.1, 0.15) is 48.8 Å². The summed E-state index contributed by atoms with van der Waals surface area (Å²) in [7, 11) is 4.09. The Balaban J connectivity index is 1.32. The lowest BCUT2D eigenvalue weighted by atomic mass is 9.68. The highest BCUT2D eigenvalue weighted by atomic mass is 35.5. The van der Waals surface area contributed by atoms with Gasteiger partial charge in [-0.25, -0.2) is 4.79 Å². The molecule has 1 atom stereocenters. The number of carbonyl (C=O) groups excluding carboxylic acids is 3. The number of nitrogens with zero attached hydrogens (tertiary/aromatic N) is 3. The lowest BCUT2D eigenvalue weighted by molar-refractivity contribution is -0.142. The van der Waals surface area contributed by atoms with Crippen LogP contribution in [0.4, 0.5) is 16.2 Å². The number of likely N-dealkylation sites (tertiary alicyclic amines) is 2. The number of para-hydroxylation sites is 1. The van der Waals surface area contributed by atoms with Crippen LogP contribution in [0.5, 0.6) is 0 Å². The molecule has 0 aromatic heterocycles. The maximum absolute atomic E-state index is 13.8. The lowest BCUT2D eigenvalue weighted by Crippen LogP contribution is -2.52. The molecular weight excluding hydrogens is 554 g/mol. The van der Waals surface area contributed by atoms with Gasteiger partial charge < -0.3 is 30.5 Å². The molecule has 3 N–H and O–H groups in total. The fourth-order valence-electron chi connectivity index (χ4n) is 6.52. The number of benzene rings is 2. The summed E-state index contributed by atoms with van der Waals surface area (Å²) in [5, 5.41) is 3.26. The van der Waals surface area contributed by atoms with Crippen LogP contribution in [-0.4, -0.2) is 85.0 Å². The predicted molar refractivity (Wildman–Crippen MR) is 163 cm³/mol. The van der Waals surface area contributed by atoms with E-state index in [4.69, 9.17) is 28.5 Å². The van der Waals surface area contributed by atoms with Gasteiger partial charge in [-0.3, -0.25) is 9.59 Å². The van der Waals surface area contributed by atoms with Crippen LogP contribution in [0.3, 0.4) is 0 Å². The van der Waals surface area contributed by atoms with Gasteiger partial charge in [-0.15, -0.1) is 6.42 Å². The summed E-state index contributed by atoms with van der Waals surface area (Å²) >= 11 is 6.33. The van der Waals surface area contributed by atoms with Crippen molar-refractivity contribution in [2.45, 2.75) is 56.1 Å². The Labute approximate surface area is 252 Å². The maximum atomic E-state index is 13.8. The van der Waals surface area contributed by atoms with Gasteiger partial charge in [-0.1, -0.05) is 35.7 Å². The Morgan fingerprint density at radius 1 is 1.17 bits per heavy atom. The van der Waals surface area contributed by atoms with E-state index in [0.29, 0.717) is 73.3 Å². The van der Waals surface area contributed by atoms with Crippen LogP contribution in [-0.2, 0) is 26.2 Å². The second-order valence-electron chi connectivity index (χ2n) is 11.8. The van der Waals surface area contributed by atoms with Crippen molar-refractivity contribution in [1.82, 2.24) is 14.7 Å². The van der Waals surface area contributed by atoms with E-state index in [9.17, 15) is 14.4 Å². The molecule has 1 spiro atoms. The van der Waals surface area contributed by atoms with Crippen molar-refractivity contribution in [2.75, 3.05) is 51.3 Å². The number of nitrogens with two attached hydrogens (primary N) is 1. The number of halogens is 1. The monoisotopic (exact) mass is 591 g/mol. The van der Waals surface area contributed by atoms with Gasteiger partial charge >= 0.3 is 6.09 Å². The van der Waals surface area contributed by atoms with Crippen molar-refractivity contribution in [2.24, 2.45) is 0 Å². The summed E-state index contributed by atoms with van der Waals surface area (Å²) in [6.45, 7) is 2.01. The number of carbonyl (C=O) groups is 3. The Bertz CT molecular complexity index is 1400. The van der Waals surface area contributed by atoms with E-state index in [2.05, 4.69) is 22.2 Å². The number of piperidine rings is 2. The highest BCUT2D eigenvalue weighted by Gasteiger charge is 2.44. The first-order valence-electron chi connectivity index (χ1n) is 14.4. The van der Waals surface area contributed by atoms with Crippen molar-refractivity contribution in [1.29, 1.82) is 0 Å². The van der Waals surface area contributed by atoms with Crippen LogP contribution in [0.15, 0.2) is 36.4 Å². The minimum atomic E-state index is -1.05. The van der Waals surface area contributed by atoms with Crippen molar-refractivity contribution in [3.05, 3.63) is 58.1 Å². The summed E-state index contributed by atoms with van der Waals surface area (Å²) in [4.78, 5) is 45.4. The first kappa shape index (κ1) is 29.7. The Hall–Kier alpha value is -3.74. The van der Waals surface area contributed by atoms with Gasteiger partial charge in [-0.2, -0.15) is 0 Å². The second-order valence-corrected chi connectivity index (χ2v) is 12.2. The smallest absolute Gasteiger partial charge is 0.410 e. The van der Waals surface area contributed by atoms with Gasteiger partial charge in [0.1, 0.15) is 0 Å². The van der Waals surface area contributed by atoms with Gasteiger partial charge in [0.25, 0.3) is 5.91 Å². The molecule has 9 nitrogen and oxygen atoms in total. The van der Waals surface area contributed by atoms with Crippen molar-refractivity contribution in [3.63, 3.8) is 0 Å². The van der Waals surface area contributed by atoms with Crippen LogP contribution in [0, 0.1) is 12.3 Å². The van der Waals surface area contributed by atoms with Gasteiger partial charge in [0.2, 0.25) is 5.91 Å². The Morgan fingerprint density at radius 2 is 1.86 bits per heavy atom. The number of amides is 3. The molecule has 42 heavy (non-hydrogen) atoms. The average Bonchev–Trinajstić information content (AvgIpc) is 2.98.